The molecule has 1 atom stereocenters. The van der Waals surface area contributed by atoms with Crippen LogP contribution in [0.15, 0.2) is 5.38 Å². The van der Waals surface area contributed by atoms with Crippen molar-refractivity contribution in [1.82, 2.24) is 15.2 Å². The topological polar surface area (TPSA) is 54.5 Å². The van der Waals surface area contributed by atoms with Gasteiger partial charge in [-0.3, -0.25) is 0 Å². The normalized spacial score (nSPS) is 18.1. The van der Waals surface area contributed by atoms with Gasteiger partial charge in [0.05, 0.1) is 17.3 Å². The van der Waals surface area contributed by atoms with E-state index < -0.39 is 0 Å². The molecular formula is C14H23N3O2S. The van der Waals surface area contributed by atoms with Crippen molar-refractivity contribution < 1.29 is 9.53 Å². The first kappa shape index (κ1) is 15.3. The van der Waals surface area contributed by atoms with Crippen molar-refractivity contribution in [3.8, 4) is 0 Å². The molecule has 1 unspecified atom stereocenters. The average molecular weight is 297 g/mol. The molecule has 20 heavy (non-hydrogen) atoms. The molecule has 1 aliphatic rings. The van der Waals surface area contributed by atoms with Gasteiger partial charge in [-0.2, -0.15) is 0 Å². The number of carbonyl (C=O) groups excluding carboxylic acids is 1. The van der Waals surface area contributed by atoms with Crippen molar-refractivity contribution in [3.05, 3.63) is 16.1 Å². The lowest BCUT2D eigenvalue weighted by Crippen LogP contribution is -2.45. The zero-order chi connectivity index (χ0) is 14.5. The van der Waals surface area contributed by atoms with Crippen molar-refractivity contribution >= 4 is 17.4 Å². The number of nitrogens with zero attached hydrogens (tertiary/aromatic N) is 2. The molecule has 0 aliphatic carbocycles. The smallest absolute Gasteiger partial charge is 0.409 e. The maximum Gasteiger partial charge on any atom is 0.409 e. The minimum atomic E-state index is -0.186. The molecule has 6 heteroatoms. The first-order chi connectivity index (χ1) is 9.60. The minimum absolute atomic E-state index is 0.186. The Kier molecular flexibility index (Phi) is 5.37. The van der Waals surface area contributed by atoms with E-state index in [0.717, 1.165) is 36.6 Å². The van der Waals surface area contributed by atoms with Crippen molar-refractivity contribution in [3.63, 3.8) is 0 Å². The molecule has 1 saturated heterocycles. The number of carbonyl (C=O) groups is 1. The molecule has 1 aliphatic heterocycles. The summed E-state index contributed by atoms with van der Waals surface area (Å²) in [6.45, 7) is 7.98. The molecular weight excluding hydrogens is 274 g/mol. The van der Waals surface area contributed by atoms with Gasteiger partial charge < -0.3 is 15.0 Å². The van der Waals surface area contributed by atoms with E-state index in [1.807, 2.05) is 13.8 Å². The van der Waals surface area contributed by atoms with Crippen LogP contribution in [0.25, 0.3) is 0 Å². The third-order valence-electron chi connectivity index (χ3n) is 3.59. The van der Waals surface area contributed by atoms with Crippen molar-refractivity contribution in [2.24, 2.45) is 0 Å². The molecule has 1 aromatic heterocycles. The lowest BCUT2D eigenvalue weighted by Gasteiger charge is -2.33. The van der Waals surface area contributed by atoms with Gasteiger partial charge in [0.15, 0.2) is 0 Å². The van der Waals surface area contributed by atoms with E-state index in [2.05, 4.69) is 22.6 Å². The number of aryl methyl sites for hydroxylation is 1. The predicted molar refractivity (Wildman–Crippen MR) is 80.0 cm³/mol. The van der Waals surface area contributed by atoms with Gasteiger partial charge in [0.2, 0.25) is 0 Å². The van der Waals surface area contributed by atoms with Gasteiger partial charge in [0.25, 0.3) is 0 Å². The Balaban J connectivity index is 1.78. The van der Waals surface area contributed by atoms with E-state index in [4.69, 9.17) is 4.74 Å². The first-order valence-electron chi connectivity index (χ1n) is 7.20. The lowest BCUT2D eigenvalue weighted by molar-refractivity contribution is 0.0943. The summed E-state index contributed by atoms with van der Waals surface area (Å²) in [5.74, 6) is 0. The average Bonchev–Trinajstić information content (AvgIpc) is 2.86. The fourth-order valence-electron chi connectivity index (χ4n) is 2.46. The SMILES string of the molecule is CCOC(=O)N1CCC(NC(C)c2csc(C)n2)CC1. The van der Waals surface area contributed by atoms with E-state index in [1.165, 1.54) is 0 Å². The Bertz CT molecular complexity index is 441. The number of piperidine rings is 1. The van der Waals surface area contributed by atoms with Gasteiger partial charge >= 0.3 is 6.09 Å². The largest absolute Gasteiger partial charge is 0.450 e. The summed E-state index contributed by atoms with van der Waals surface area (Å²) >= 11 is 1.68. The van der Waals surface area contributed by atoms with Crippen LogP contribution in [0.5, 0.6) is 0 Å². The molecule has 0 saturated carbocycles. The molecule has 1 N–H and O–H groups in total. The summed E-state index contributed by atoms with van der Waals surface area (Å²) in [4.78, 5) is 17.9. The summed E-state index contributed by atoms with van der Waals surface area (Å²) in [5, 5.41) is 6.82. The van der Waals surface area contributed by atoms with Crippen LogP contribution < -0.4 is 5.32 Å². The zero-order valence-corrected chi connectivity index (χ0v) is 13.2. The Morgan fingerprint density at radius 2 is 2.30 bits per heavy atom. The second-order valence-corrected chi connectivity index (χ2v) is 6.20. The van der Waals surface area contributed by atoms with Gasteiger partial charge in [0, 0.05) is 30.6 Å². The zero-order valence-electron chi connectivity index (χ0n) is 12.4. The summed E-state index contributed by atoms with van der Waals surface area (Å²) in [6.07, 6.45) is 1.74. The van der Waals surface area contributed by atoms with Gasteiger partial charge in [-0.25, -0.2) is 9.78 Å². The highest BCUT2D eigenvalue weighted by Crippen LogP contribution is 2.19. The summed E-state index contributed by atoms with van der Waals surface area (Å²) < 4.78 is 5.03. The Morgan fingerprint density at radius 3 is 2.85 bits per heavy atom. The van der Waals surface area contributed by atoms with Crippen LogP contribution in [0.4, 0.5) is 4.79 Å². The number of ether oxygens (including phenoxy) is 1. The van der Waals surface area contributed by atoms with Crippen molar-refractivity contribution in [1.29, 1.82) is 0 Å². The van der Waals surface area contributed by atoms with E-state index in [9.17, 15) is 4.79 Å². The van der Waals surface area contributed by atoms with Crippen LogP contribution in [0.3, 0.4) is 0 Å². The quantitative estimate of drug-likeness (QED) is 0.928. The molecule has 1 fully saturated rings. The van der Waals surface area contributed by atoms with E-state index in [0.29, 0.717) is 12.6 Å². The number of rotatable bonds is 4. The highest BCUT2D eigenvalue weighted by atomic mass is 32.1. The number of aromatic nitrogens is 1. The maximum atomic E-state index is 11.6. The van der Waals surface area contributed by atoms with Crippen LogP contribution >= 0.6 is 11.3 Å². The molecule has 0 spiro atoms. The number of hydrogen-bond acceptors (Lipinski definition) is 5. The van der Waals surface area contributed by atoms with Crippen LogP contribution in [0.1, 0.15) is 43.4 Å². The van der Waals surface area contributed by atoms with Crippen molar-refractivity contribution in [2.45, 2.75) is 45.7 Å². The lowest BCUT2D eigenvalue weighted by atomic mass is 10.0. The number of likely N-dealkylation sites (tertiary alicyclic amines) is 1. The second kappa shape index (κ2) is 7.04. The Morgan fingerprint density at radius 1 is 1.60 bits per heavy atom. The number of nitrogens with one attached hydrogen (secondary N) is 1. The van der Waals surface area contributed by atoms with Gasteiger partial charge in [-0.15, -0.1) is 11.3 Å². The van der Waals surface area contributed by atoms with Crippen molar-refractivity contribution in [2.75, 3.05) is 19.7 Å². The van der Waals surface area contributed by atoms with E-state index >= 15 is 0 Å². The molecule has 2 rings (SSSR count). The molecule has 0 aromatic carbocycles. The second-order valence-electron chi connectivity index (χ2n) is 5.14. The third kappa shape index (κ3) is 3.93. The monoisotopic (exact) mass is 297 g/mol. The highest BCUT2D eigenvalue weighted by Gasteiger charge is 2.24. The number of thiazole rings is 1. The Hall–Kier alpha value is -1.14. The molecule has 1 amide bonds. The number of hydrogen-bond donors (Lipinski definition) is 1. The van der Waals surface area contributed by atoms with Crippen LogP contribution in [0.2, 0.25) is 0 Å². The van der Waals surface area contributed by atoms with E-state index in [1.54, 1.807) is 16.2 Å². The standard InChI is InChI=1S/C14H23N3O2S/c1-4-19-14(18)17-7-5-12(6-8-17)15-10(2)13-9-20-11(3)16-13/h9-10,12,15H,4-8H2,1-3H3. The molecule has 112 valence electrons. The van der Waals surface area contributed by atoms with Gasteiger partial charge in [0.1, 0.15) is 0 Å². The highest BCUT2D eigenvalue weighted by molar-refractivity contribution is 7.09. The molecule has 2 heterocycles. The van der Waals surface area contributed by atoms with Crippen LogP contribution in [-0.4, -0.2) is 41.7 Å². The van der Waals surface area contributed by atoms with Crippen LogP contribution in [-0.2, 0) is 4.74 Å². The summed E-state index contributed by atoms with van der Waals surface area (Å²) in [5.41, 5.74) is 1.11. The molecule has 1 aromatic rings. The summed E-state index contributed by atoms with van der Waals surface area (Å²) in [6, 6.07) is 0.705. The van der Waals surface area contributed by atoms with Gasteiger partial charge in [-0.1, -0.05) is 0 Å². The van der Waals surface area contributed by atoms with E-state index in [-0.39, 0.29) is 12.1 Å². The van der Waals surface area contributed by atoms with Gasteiger partial charge in [-0.05, 0) is 33.6 Å². The summed E-state index contributed by atoms with van der Waals surface area (Å²) in [7, 11) is 0. The molecule has 5 nitrogen and oxygen atoms in total. The fourth-order valence-corrected chi connectivity index (χ4v) is 3.17. The maximum absolute atomic E-state index is 11.6. The predicted octanol–water partition coefficient (Wildman–Crippen LogP) is 2.72. The number of amides is 1. The first-order valence-corrected chi connectivity index (χ1v) is 8.08. The fraction of sp³-hybridized carbons (Fsp3) is 0.714. The minimum Gasteiger partial charge on any atom is -0.450 e. The molecule has 0 bridgehead atoms. The molecule has 0 radical (unpaired) electrons. The third-order valence-corrected chi connectivity index (χ3v) is 4.38. The Labute approximate surface area is 124 Å². The van der Waals surface area contributed by atoms with Crippen LogP contribution in [0, 0.1) is 6.92 Å².